The number of piperidine rings is 1. The van der Waals surface area contributed by atoms with E-state index in [1.54, 1.807) is 31.6 Å². The summed E-state index contributed by atoms with van der Waals surface area (Å²) < 4.78 is 23.0. The van der Waals surface area contributed by atoms with Crippen molar-refractivity contribution in [2.45, 2.75) is 18.9 Å². The van der Waals surface area contributed by atoms with E-state index in [4.69, 9.17) is 18.6 Å². The Hall–Kier alpha value is -4.60. The highest BCUT2D eigenvalue weighted by Gasteiger charge is 2.24. The third kappa shape index (κ3) is 5.04. The van der Waals surface area contributed by atoms with E-state index in [1.165, 1.54) is 12.4 Å². The summed E-state index contributed by atoms with van der Waals surface area (Å²) in [5, 5.41) is 4.10. The molecule has 1 aliphatic heterocycles. The molecule has 0 spiro atoms. The van der Waals surface area contributed by atoms with Gasteiger partial charge in [0.1, 0.15) is 23.9 Å². The third-order valence-corrected chi connectivity index (χ3v) is 6.26. The van der Waals surface area contributed by atoms with Gasteiger partial charge in [-0.2, -0.15) is 0 Å². The number of carbonyl (C=O) groups excluding carboxylic acids is 1. The summed E-state index contributed by atoms with van der Waals surface area (Å²) in [5.41, 5.74) is 2.01. The van der Waals surface area contributed by atoms with Crippen molar-refractivity contribution >= 4 is 28.3 Å². The van der Waals surface area contributed by atoms with Gasteiger partial charge < -0.3 is 28.8 Å². The molecule has 1 N–H and O–H groups in total. The van der Waals surface area contributed by atoms with Crippen molar-refractivity contribution in [3.63, 3.8) is 0 Å². The second-order valence-corrected chi connectivity index (χ2v) is 8.46. The Morgan fingerprint density at radius 2 is 1.92 bits per heavy atom. The van der Waals surface area contributed by atoms with Gasteiger partial charge in [-0.3, -0.25) is 4.79 Å². The summed E-state index contributed by atoms with van der Waals surface area (Å²) in [6.45, 7) is 4.79. The van der Waals surface area contributed by atoms with E-state index in [0.717, 1.165) is 5.39 Å². The largest absolute Gasteiger partial charge is 0.493 e. The van der Waals surface area contributed by atoms with Gasteiger partial charge in [0.25, 0.3) is 0 Å². The normalized spacial score (nSPS) is 13.8. The van der Waals surface area contributed by atoms with Gasteiger partial charge in [-0.15, -0.1) is 0 Å². The maximum Gasteiger partial charge on any atom is 0.245 e. The van der Waals surface area contributed by atoms with Gasteiger partial charge in [-0.05, 0) is 30.3 Å². The lowest BCUT2D eigenvalue weighted by Gasteiger charge is -2.31. The Balaban J connectivity index is 1.45. The fraction of sp³-hybridized carbons (Fsp3) is 0.259. The number of hydrogen-bond acceptors (Lipinski definition) is 9. The van der Waals surface area contributed by atoms with Crippen molar-refractivity contribution in [1.82, 2.24) is 19.9 Å². The number of aromatic nitrogens is 3. The Bertz CT molecular complexity index is 1410. The van der Waals surface area contributed by atoms with Crippen LogP contribution in [0.25, 0.3) is 22.4 Å². The molecule has 5 rings (SSSR count). The van der Waals surface area contributed by atoms with Crippen LogP contribution < -0.4 is 19.5 Å². The second kappa shape index (κ2) is 10.6. The van der Waals surface area contributed by atoms with E-state index in [2.05, 4.69) is 26.8 Å². The zero-order valence-electron chi connectivity index (χ0n) is 20.6. The van der Waals surface area contributed by atoms with Gasteiger partial charge in [0.05, 0.1) is 37.9 Å². The molecule has 0 aliphatic carbocycles. The molecule has 10 heteroatoms. The van der Waals surface area contributed by atoms with E-state index in [0.29, 0.717) is 71.7 Å². The number of rotatable bonds is 8. The lowest BCUT2D eigenvalue weighted by atomic mass is 10.1. The van der Waals surface area contributed by atoms with Crippen LogP contribution in [-0.2, 0) is 4.79 Å². The first-order valence-electron chi connectivity index (χ1n) is 11.8. The van der Waals surface area contributed by atoms with E-state index in [1.807, 2.05) is 30.3 Å². The minimum atomic E-state index is -0.0589. The van der Waals surface area contributed by atoms with E-state index in [9.17, 15) is 4.79 Å². The van der Waals surface area contributed by atoms with Crippen molar-refractivity contribution in [1.29, 1.82) is 0 Å². The monoisotopic (exact) mass is 501 g/mol. The molecule has 0 saturated carbocycles. The van der Waals surface area contributed by atoms with Crippen molar-refractivity contribution in [2.24, 2.45) is 0 Å². The summed E-state index contributed by atoms with van der Waals surface area (Å²) in [6, 6.07) is 9.18. The van der Waals surface area contributed by atoms with E-state index < -0.39 is 0 Å². The molecule has 37 heavy (non-hydrogen) atoms. The van der Waals surface area contributed by atoms with E-state index >= 15 is 0 Å². The van der Waals surface area contributed by atoms with Crippen LogP contribution >= 0.6 is 0 Å². The zero-order valence-corrected chi connectivity index (χ0v) is 20.6. The summed E-state index contributed by atoms with van der Waals surface area (Å²) in [7, 11) is 3.18. The number of hydrogen-bond donors (Lipinski definition) is 1. The SMILES string of the molecule is C=CC(=O)N1CCC(Oc2cc3c(Nc4cc(-c5ccco5)ncc4OC)ncnc3cc2OC)CC1. The van der Waals surface area contributed by atoms with Crippen LogP contribution in [0.2, 0.25) is 0 Å². The Labute approximate surface area is 213 Å². The number of nitrogens with zero attached hydrogens (tertiary/aromatic N) is 4. The molecule has 3 aromatic heterocycles. The molecular formula is C27H27N5O5. The first kappa shape index (κ1) is 24.1. The molecular weight excluding hydrogens is 474 g/mol. The second-order valence-electron chi connectivity index (χ2n) is 8.46. The average Bonchev–Trinajstić information content (AvgIpc) is 3.48. The number of methoxy groups -OCH3 is 2. The minimum Gasteiger partial charge on any atom is -0.493 e. The molecule has 4 heterocycles. The fourth-order valence-electron chi connectivity index (χ4n) is 4.31. The van der Waals surface area contributed by atoms with Crippen LogP contribution in [-0.4, -0.2) is 59.2 Å². The maximum absolute atomic E-state index is 11.9. The summed E-state index contributed by atoms with van der Waals surface area (Å²) in [5.74, 6) is 2.85. The summed E-state index contributed by atoms with van der Waals surface area (Å²) in [6.07, 6.45) is 7.42. The number of furan rings is 1. The molecule has 0 atom stereocenters. The van der Waals surface area contributed by atoms with Crippen LogP contribution in [0.5, 0.6) is 17.2 Å². The van der Waals surface area contributed by atoms with Crippen LogP contribution in [0, 0.1) is 0 Å². The van der Waals surface area contributed by atoms with Gasteiger partial charge in [-0.25, -0.2) is 15.0 Å². The highest BCUT2D eigenvalue weighted by Crippen LogP contribution is 2.38. The van der Waals surface area contributed by atoms with Gasteiger partial charge in [0.15, 0.2) is 23.0 Å². The summed E-state index contributed by atoms with van der Waals surface area (Å²) in [4.78, 5) is 27.0. The number of pyridine rings is 1. The fourth-order valence-corrected chi connectivity index (χ4v) is 4.31. The van der Waals surface area contributed by atoms with Crippen LogP contribution in [0.3, 0.4) is 0 Å². The van der Waals surface area contributed by atoms with Gasteiger partial charge in [0, 0.05) is 37.4 Å². The number of carbonyl (C=O) groups is 1. The van der Waals surface area contributed by atoms with Gasteiger partial charge in [0.2, 0.25) is 5.91 Å². The highest BCUT2D eigenvalue weighted by atomic mass is 16.5. The smallest absolute Gasteiger partial charge is 0.245 e. The van der Waals surface area contributed by atoms with Gasteiger partial charge in [-0.1, -0.05) is 6.58 Å². The molecule has 4 aromatic rings. The predicted molar refractivity (Wildman–Crippen MR) is 138 cm³/mol. The number of ether oxygens (including phenoxy) is 3. The standard InChI is InChI=1S/C27H27N5O5/c1-4-26(33)32-9-7-17(8-10-32)37-24-12-18-19(14-23(24)34-2)29-16-30-27(18)31-21-13-20(22-6-5-11-36-22)28-15-25(21)35-3/h4-6,11-17H,1,7-10H2,2-3H3,(H,28,29,30,31). The number of likely N-dealkylation sites (tertiary alicyclic amines) is 1. The lowest BCUT2D eigenvalue weighted by molar-refractivity contribution is -0.127. The average molecular weight is 502 g/mol. The van der Waals surface area contributed by atoms with E-state index in [-0.39, 0.29) is 12.0 Å². The quantitative estimate of drug-likeness (QED) is 0.346. The zero-order chi connectivity index (χ0) is 25.8. The van der Waals surface area contributed by atoms with Crippen molar-refractivity contribution in [3.05, 3.63) is 61.8 Å². The van der Waals surface area contributed by atoms with Crippen LogP contribution in [0.4, 0.5) is 11.5 Å². The van der Waals surface area contributed by atoms with Crippen LogP contribution in [0.15, 0.2) is 66.2 Å². The highest BCUT2D eigenvalue weighted by molar-refractivity contribution is 5.93. The molecule has 1 fully saturated rings. The maximum atomic E-state index is 11.9. The lowest BCUT2D eigenvalue weighted by Crippen LogP contribution is -2.41. The molecule has 190 valence electrons. The molecule has 1 saturated heterocycles. The number of amides is 1. The summed E-state index contributed by atoms with van der Waals surface area (Å²) >= 11 is 0. The predicted octanol–water partition coefficient (Wildman–Crippen LogP) is 4.60. The molecule has 0 bridgehead atoms. The van der Waals surface area contributed by atoms with Crippen molar-refractivity contribution in [3.8, 4) is 28.7 Å². The first-order valence-corrected chi connectivity index (χ1v) is 11.8. The van der Waals surface area contributed by atoms with Crippen LogP contribution in [0.1, 0.15) is 12.8 Å². The molecule has 1 amide bonds. The topological polar surface area (TPSA) is 112 Å². The van der Waals surface area contributed by atoms with Crippen molar-refractivity contribution < 1.29 is 23.4 Å². The number of nitrogens with one attached hydrogen (secondary N) is 1. The Morgan fingerprint density at radius 3 is 2.62 bits per heavy atom. The molecule has 0 radical (unpaired) electrons. The Morgan fingerprint density at radius 1 is 1.11 bits per heavy atom. The van der Waals surface area contributed by atoms with Crippen molar-refractivity contribution in [2.75, 3.05) is 32.6 Å². The molecule has 10 nitrogen and oxygen atoms in total. The first-order chi connectivity index (χ1) is 18.1. The Kier molecular flexibility index (Phi) is 6.89. The molecule has 1 aromatic carbocycles. The molecule has 1 aliphatic rings. The number of benzene rings is 1. The third-order valence-electron chi connectivity index (χ3n) is 6.26. The number of anilines is 2. The van der Waals surface area contributed by atoms with Gasteiger partial charge >= 0.3 is 0 Å². The minimum absolute atomic E-state index is 0.0580. The number of fused-ring (bicyclic) bond motifs is 1. The molecule has 0 unspecified atom stereocenters.